The van der Waals surface area contributed by atoms with Gasteiger partial charge in [0.15, 0.2) is 0 Å². The summed E-state index contributed by atoms with van der Waals surface area (Å²) >= 11 is 0. The van der Waals surface area contributed by atoms with E-state index in [4.69, 9.17) is 9.47 Å². The van der Waals surface area contributed by atoms with Crippen LogP contribution in [-0.2, 0) is 16.0 Å². The Labute approximate surface area is 170 Å². The van der Waals surface area contributed by atoms with Gasteiger partial charge in [0.2, 0.25) is 0 Å². The van der Waals surface area contributed by atoms with E-state index >= 15 is 0 Å². The minimum Gasteiger partial charge on any atom is -0.462 e. The molecular formula is C23H37NO4. The van der Waals surface area contributed by atoms with Gasteiger partial charge in [0.25, 0.3) is 0 Å². The van der Waals surface area contributed by atoms with Gasteiger partial charge >= 0.3 is 12.1 Å². The summed E-state index contributed by atoms with van der Waals surface area (Å²) in [4.78, 5) is 26.6. The van der Waals surface area contributed by atoms with Crippen LogP contribution in [0.25, 0.3) is 0 Å². The Morgan fingerprint density at radius 3 is 2.36 bits per heavy atom. The van der Waals surface area contributed by atoms with Crippen LogP contribution in [-0.4, -0.2) is 36.7 Å². The fraction of sp³-hybridized carbons (Fsp3) is 0.652. The number of unbranched alkanes of at least 4 members (excludes halogenated alkanes) is 2. The summed E-state index contributed by atoms with van der Waals surface area (Å²) in [6.45, 7) is 9.91. The number of nitrogens with zero attached hydrogens (tertiary/aromatic N) is 1. The molecule has 1 aromatic rings. The molecule has 1 unspecified atom stereocenters. The second-order valence-corrected chi connectivity index (χ2v) is 7.15. The Hall–Kier alpha value is -2.04. The molecule has 0 fully saturated rings. The van der Waals surface area contributed by atoms with Gasteiger partial charge in [-0.05, 0) is 37.3 Å². The molecule has 0 heterocycles. The maximum Gasteiger partial charge on any atom is 0.410 e. The number of ether oxygens (including phenoxy) is 2. The van der Waals surface area contributed by atoms with Crippen molar-refractivity contribution in [1.82, 2.24) is 4.90 Å². The topological polar surface area (TPSA) is 55.8 Å². The number of hydrogen-bond donors (Lipinski definition) is 0. The number of rotatable bonds is 13. The van der Waals surface area contributed by atoms with E-state index < -0.39 is 0 Å². The Morgan fingerprint density at radius 2 is 1.71 bits per heavy atom. The second kappa shape index (κ2) is 14.0. The van der Waals surface area contributed by atoms with Crippen molar-refractivity contribution in [2.75, 3.05) is 19.8 Å². The van der Waals surface area contributed by atoms with Gasteiger partial charge in [-0.1, -0.05) is 64.7 Å². The zero-order valence-electron chi connectivity index (χ0n) is 18.0. The first-order valence-corrected chi connectivity index (χ1v) is 10.7. The van der Waals surface area contributed by atoms with Gasteiger partial charge in [0.1, 0.15) is 0 Å². The highest BCUT2D eigenvalue weighted by Gasteiger charge is 2.20. The Kier molecular flexibility index (Phi) is 12.0. The molecule has 1 atom stereocenters. The lowest BCUT2D eigenvalue weighted by atomic mass is 10.0. The Morgan fingerprint density at radius 1 is 1.00 bits per heavy atom. The summed E-state index contributed by atoms with van der Waals surface area (Å²) < 4.78 is 10.8. The van der Waals surface area contributed by atoms with Crippen molar-refractivity contribution in [1.29, 1.82) is 0 Å². The molecule has 0 saturated heterocycles. The average molecular weight is 392 g/mol. The average Bonchev–Trinajstić information content (AvgIpc) is 2.71. The van der Waals surface area contributed by atoms with Gasteiger partial charge in [-0.2, -0.15) is 0 Å². The monoisotopic (exact) mass is 391 g/mol. The first-order chi connectivity index (χ1) is 13.6. The van der Waals surface area contributed by atoms with Crippen molar-refractivity contribution in [3.63, 3.8) is 0 Å². The predicted octanol–water partition coefficient (Wildman–Crippen LogP) is 5.82. The Bertz CT molecular complexity index is 588. The van der Waals surface area contributed by atoms with E-state index in [1.54, 1.807) is 17.9 Å². The molecule has 0 aliphatic rings. The first-order valence-electron chi connectivity index (χ1n) is 10.7. The van der Waals surface area contributed by atoms with Crippen molar-refractivity contribution in [2.45, 2.75) is 72.8 Å². The van der Waals surface area contributed by atoms with E-state index in [-0.39, 0.29) is 12.1 Å². The number of carbonyl (C=O) groups excluding carboxylic acids is 2. The van der Waals surface area contributed by atoms with E-state index in [0.717, 1.165) is 44.1 Å². The summed E-state index contributed by atoms with van der Waals surface area (Å²) in [5, 5.41) is 0. The normalized spacial score (nSPS) is 11.7. The molecule has 1 amide bonds. The van der Waals surface area contributed by atoms with Gasteiger partial charge < -0.3 is 14.4 Å². The van der Waals surface area contributed by atoms with Gasteiger partial charge in [0.05, 0.1) is 18.8 Å². The molecule has 0 saturated carbocycles. The van der Waals surface area contributed by atoms with Crippen LogP contribution < -0.4 is 0 Å². The summed E-state index contributed by atoms with van der Waals surface area (Å²) in [5.74, 6) is 0.0847. The highest BCUT2D eigenvalue weighted by Crippen LogP contribution is 2.17. The van der Waals surface area contributed by atoms with E-state index in [9.17, 15) is 9.59 Å². The minimum atomic E-state index is -0.343. The van der Waals surface area contributed by atoms with E-state index in [1.807, 2.05) is 18.2 Å². The molecule has 5 nitrogen and oxygen atoms in total. The fourth-order valence-corrected chi connectivity index (χ4v) is 3.03. The van der Waals surface area contributed by atoms with Gasteiger partial charge in [-0.25, -0.2) is 9.59 Å². The third-order valence-corrected chi connectivity index (χ3v) is 4.90. The Balaban J connectivity index is 2.83. The third-order valence-electron chi connectivity index (χ3n) is 4.90. The van der Waals surface area contributed by atoms with Crippen molar-refractivity contribution in [2.24, 2.45) is 5.92 Å². The molecule has 0 N–H and O–H groups in total. The second-order valence-electron chi connectivity index (χ2n) is 7.15. The number of esters is 1. The largest absolute Gasteiger partial charge is 0.462 e. The zero-order chi connectivity index (χ0) is 20.8. The molecular weight excluding hydrogens is 354 g/mol. The maximum absolute atomic E-state index is 12.7. The molecule has 28 heavy (non-hydrogen) atoms. The number of amides is 1. The smallest absolute Gasteiger partial charge is 0.410 e. The van der Waals surface area contributed by atoms with Crippen LogP contribution in [0.4, 0.5) is 4.79 Å². The van der Waals surface area contributed by atoms with Crippen LogP contribution >= 0.6 is 0 Å². The lowest BCUT2D eigenvalue weighted by molar-refractivity contribution is 0.0424. The van der Waals surface area contributed by atoms with E-state index in [1.165, 1.54) is 0 Å². The molecule has 0 bridgehead atoms. The first kappa shape index (κ1) is 24.0. The number of benzene rings is 1. The third kappa shape index (κ3) is 8.32. The fourth-order valence-electron chi connectivity index (χ4n) is 3.03. The number of carbonyl (C=O) groups is 2. The van der Waals surface area contributed by atoms with Crippen LogP contribution in [0.3, 0.4) is 0 Å². The van der Waals surface area contributed by atoms with Crippen molar-refractivity contribution >= 4 is 12.1 Å². The predicted molar refractivity (Wildman–Crippen MR) is 112 cm³/mol. The molecule has 5 heteroatoms. The highest BCUT2D eigenvalue weighted by atomic mass is 16.6. The molecule has 1 aromatic carbocycles. The molecule has 1 rings (SSSR count). The van der Waals surface area contributed by atoms with E-state index in [2.05, 4.69) is 20.8 Å². The lowest BCUT2D eigenvalue weighted by Gasteiger charge is -2.23. The molecule has 0 aromatic heterocycles. The summed E-state index contributed by atoms with van der Waals surface area (Å²) in [7, 11) is 0. The molecule has 0 aliphatic heterocycles. The van der Waals surface area contributed by atoms with Gasteiger partial charge in [-0.15, -0.1) is 0 Å². The standard InChI is InChI=1S/C23H37NO4/c1-5-9-13-19(7-3)18-28-22(25)21-15-12-11-14-20(21)17-24(16-10-6-2)23(26)27-8-4/h11-12,14-15,19H,5-10,13,16-18H2,1-4H3. The van der Waals surface area contributed by atoms with Crippen LogP contribution in [0.2, 0.25) is 0 Å². The van der Waals surface area contributed by atoms with Gasteiger partial charge in [0, 0.05) is 13.1 Å². The maximum atomic E-state index is 12.7. The van der Waals surface area contributed by atoms with Gasteiger partial charge in [-0.3, -0.25) is 0 Å². The minimum absolute atomic E-state index is 0.315. The van der Waals surface area contributed by atoms with Crippen LogP contribution in [0.1, 0.15) is 82.1 Å². The molecule has 158 valence electrons. The summed E-state index contributed by atoms with van der Waals surface area (Å²) in [5.41, 5.74) is 1.32. The highest BCUT2D eigenvalue weighted by molar-refractivity contribution is 5.91. The van der Waals surface area contributed by atoms with Crippen molar-refractivity contribution in [3.8, 4) is 0 Å². The molecule has 0 aliphatic carbocycles. The summed E-state index contributed by atoms with van der Waals surface area (Å²) in [6.07, 6.45) is 5.91. The lowest BCUT2D eigenvalue weighted by Crippen LogP contribution is -2.32. The molecule has 0 radical (unpaired) electrons. The summed E-state index contributed by atoms with van der Waals surface area (Å²) in [6, 6.07) is 7.36. The van der Waals surface area contributed by atoms with Crippen molar-refractivity contribution in [3.05, 3.63) is 35.4 Å². The SMILES string of the molecule is CCCCC(CC)COC(=O)c1ccccc1CN(CCCC)C(=O)OCC. The van der Waals surface area contributed by atoms with Crippen LogP contribution in [0.5, 0.6) is 0 Å². The van der Waals surface area contributed by atoms with Crippen LogP contribution in [0, 0.1) is 5.92 Å². The van der Waals surface area contributed by atoms with E-state index in [0.29, 0.717) is 37.8 Å². The number of hydrogen-bond acceptors (Lipinski definition) is 4. The van der Waals surface area contributed by atoms with Crippen molar-refractivity contribution < 1.29 is 19.1 Å². The zero-order valence-corrected chi connectivity index (χ0v) is 18.0. The van der Waals surface area contributed by atoms with Crippen LogP contribution in [0.15, 0.2) is 24.3 Å². The quantitative estimate of drug-likeness (QED) is 0.398. The molecule has 0 spiro atoms.